The molecule has 1 aromatic carbocycles. The summed E-state index contributed by atoms with van der Waals surface area (Å²) >= 11 is 0. The van der Waals surface area contributed by atoms with Crippen LogP contribution in [0.1, 0.15) is 19.8 Å². The normalized spacial score (nSPS) is 18.4. The molecule has 3 N–H and O–H groups in total. The maximum absolute atomic E-state index is 11.8. The number of urea groups is 1. The van der Waals surface area contributed by atoms with Gasteiger partial charge in [0.25, 0.3) is 5.91 Å². The summed E-state index contributed by atoms with van der Waals surface area (Å²) in [6.07, 6.45) is 2.37. The number of rotatable bonds is 3. The second-order valence-corrected chi connectivity index (χ2v) is 5.27. The molecule has 1 unspecified atom stereocenters. The molecule has 2 aliphatic rings. The molecular weight excluding hydrogens is 258 g/mol. The van der Waals surface area contributed by atoms with Crippen LogP contribution in [-0.2, 0) is 4.79 Å². The summed E-state index contributed by atoms with van der Waals surface area (Å²) in [5, 5.41) is 8.38. The Kier molecular flexibility index (Phi) is 3.22. The van der Waals surface area contributed by atoms with E-state index in [1.54, 1.807) is 18.2 Å². The summed E-state index contributed by atoms with van der Waals surface area (Å²) < 4.78 is 5.26. The molecule has 6 nitrogen and oxygen atoms in total. The predicted octanol–water partition coefficient (Wildman–Crippen LogP) is 1.94. The third-order valence-electron chi connectivity index (χ3n) is 3.56. The lowest BCUT2D eigenvalue weighted by molar-refractivity contribution is -0.118. The number of ether oxygens (including phenoxy) is 1. The number of nitrogens with one attached hydrogen (secondary N) is 3. The van der Waals surface area contributed by atoms with Gasteiger partial charge >= 0.3 is 6.03 Å². The summed E-state index contributed by atoms with van der Waals surface area (Å²) in [6, 6.07) is 5.13. The first-order valence-corrected chi connectivity index (χ1v) is 6.76. The monoisotopic (exact) mass is 275 g/mol. The summed E-state index contributed by atoms with van der Waals surface area (Å²) in [5.74, 6) is 1.03. The summed E-state index contributed by atoms with van der Waals surface area (Å²) in [4.78, 5) is 23.1. The lowest BCUT2D eigenvalue weighted by atomic mass is 10.2. The first-order chi connectivity index (χ1) is 9.61. The molecule has 1 atom stereocenters. The molecule has 0 bridgehead atoms. The van der Waals surface area contributed by atoms with Gasteiger partial charge in [-0.1, -0.05) is 0 Å². The fourth-order valence-electron chi connectivity index (χ4n) is 2.25. The first-order valence-electron chi connectivity index (χ1n) is 6.76. The van der Waals surface area contributed by atoms with Crippen molar-refractivity contribution in [2.24, 2.45) is 5.92 Å². The lowest BCUT2D eigenvalue weighted by Gasteiger charge is -2.19. The van der Waals surface area contributed by atoms with Crippen LogP contribution in [0.15, 0.2) is 18.2 Å². The SMILES string of the molecule is CC(NC(=O)Nc1ccc2c(c1)NC(=O)CO2)C1CC1. The van der Waals surface area contributed by atoms with Crippen molar-refractivity contribution >= 4 is 23.3 Å². The Morgan fingerprint density at radius 3 is 3.00 bits per heavy atom. The zero-order valence-electron chi connectivity index (χ0n) is 11.2. The van der Waals surface area contributed by atoms with Gasteiger partial charge < -0.3 is 20.7 Å². The molecule has 1 aromatic rings. The Morgan fingerprint density at radius 1 is 1.45 bits per heavy atom. The summed E-state index contributed by atoms with van der Waals surface area (Å²) in [6.45, 7) is 2.04. The van der Waals surface area contributed by atoms with Gasteiger partial charge in [0.1, 0.15) is 5.75 Å². The highest BCUT2D eigenvalue weighted by atomic mass is 16.5. The summed E-state index contributed by atoms with van der Waals surface area (Å²) in [5.41, 5.74) is 1.20. The van der Waals surface area contributed by atoms with Crippen LogP contribution in [0.4, 0.5) is 16.2 Å². The minimum absolute atomic E-state index is 0.0269. The topological polar surface area (TPSA) is 79.5 Å². The number of hydrogen-bond acceptors (Lipinski definition) is 3. The van der Waals surface area contributed by atoms with E-state index < -0.39 is 0 Å². The van der Waals surface area contributed by atoms with E-state index in [9.17, 15) is 9.59 Å². The molecule has 1 aliphatic heterocycles. The van der Waals surface area contributed by atoms with Gasteiger partial charge in [-0.2, -0.15) is 0 Å². The fourth-order valence-corrected chi connectivity index (χ4v) is 2.25. The Bertz CT molecular complexity index is 555. The fraction of sp³-hybridized carbons (Fsp3) is 0.429. The lowest BCUT2D eigenvalue weighted by Crippen LogP contribution is -2.37. The number of carbonyl (C=O) groups is 2. The van der Waals surface area contributed by atoms with Crippen molar-refractivity contribution in [3.05, 3.63) is 18.2 Å². The largest absolute Gasteiger partial charge is 0.482 e. The van der Waals surface area contributed by atoms with Gasteiger partial charge in [-0.3, -0.25) is 4.79 Å². The Hall–Kier alpha value is -2.24. The minimum Gasteiger partial charge on any atom is -0.482 e. The molecule has 1 aliphatic carbocycles. The van der Waals surface area contributed by atoms with E-state index in [-0.39, 0.29) is 24.6 Å². The second kappa shape index (κ2) is 5.03. The van der Waals surface area contributed by atoms with Gasteiger partial charge in [-0.15, -0.1) is 0 Å². The van der Waals surface area contributed by atoms with Gasteiger partial charge in [-0.25, -0.2) is 4.79 Å². The van der Waals surface area contributed by atoms with Crippen LogP contribution >= 0.6 is 0 Å². The number of amides is 3. The van der Waals surface area contributed by atoms with Crippen LogP contribution in [0.2, 0.25) is 0 Å². The zero-order chi connectivity index (χ0) is 14.1. The van der Waals surface area contributed by atoms with Gasteiger partial charge in [0.15, 0.2) is 6.61 Å². The van der Waals surface area contributed by atoms with Crippen molar-refractivity contribution in [1.82, 2.24) is 5.32 Å². The van der Waals surface area contributed by atoms with E-state index in [2.05, 4.69) is 16.0 Å². The molecule has 0 aromatic heterocycles. The second-order valence-electron chi connectivity index (χ2n) is 5.27. The van der Waals surface area contributed by atoms with Gasteiger partial charge in [0.2, 0.25) is 0 Å². The molecule has 1 saturated carbocycles. The van der Waals surface area contributed by atoms with Crippen molar-refractivity contribution in [2.75, 3.05) is 17.2 Å². The van der Waals surface area contributed by atoms with E-state index in [0.29, 0.717) is 23.0 Å². The number of fused-ring (bicyclic) bond motifs is 1. The molecule has 6 heteroatoms. The first kappa shape index (κ1) is 12.8. The zero-order valence-corrected chi connectivity index (χ0v) is 11.2. The number of benzene rings is 1. The Balaban J connectivity index is 1.63. The van der Waals surface area contributed by atoms with E-state index in [4.69, 9.17) is 4.74 Å². The van der Waals surface area contributed by atoms with E-state index in [0.717, 1.165) is 0 Å². The maximum atomic E-state index is 11.8. The van der Waals surface area contributed by atoms with E-state index >= 15 is 0 Å². The van der Waals surface area contributed by atoms with Crippen molar-refractivity contribution in [1.29, 1.82) is 0 Å². The molecule has 0 saturated heterocycles. The third-order valence-corrected chi connectivity index (χ3v) is 3.56. The minimum atomic E-state index is -0.229. The molecule has 20 heavy (non-hydrogen) atoms. The molecule has 1 fully saturated rings. The standard InChI is InChI=1S/C14H17N3O3/c1-8(9-2-3-9)15-14(19)16-10-4-5-12-11(6-10)17-13(18)7-20-12/h4-6,8-9H,2-3,7H2,1H3,(H,17,18)(H2,15,16,19). The van der Waals surface area contributed by atoms with Gasteiger partial charge in [0.05, 0.1) is 5.69 Å². The Morgan fingerprint density at radius 2 is 2.25 bits per heavy atom. The predicted molar refractivity (Wildman–Crippen MR) is 74.9 cm³/mol. The maximum Gasteiger partial charge on any atom is 0.319 e. The Labute approximate surface area is 116 Å². The highest BCUT2D eigenvalue weighted by Crippen LogP contribution is 2.32. The van der Waals surface area contributed by atoms with Gasteiger partial charge in [0, 0.05) is 11.7 Å². The average Bonchev–Trinajstić information content (AvgIpc) is 3.22. The molecule has 3 rings (SSSR count). The van der Waals surface area contributed by atoms with Crippen LogP contribution in [0.5, 0.6) is 5.75 Å². The highest BCUT2D eigenvalue weighted by Gasteiger charge is 2.28. The molecule has 0 spiro atoms. The quantitative estimate of drug-likeness (QED) is 0.788. The number of anilines is 2. The molecule has 1 heterocycles. The smallest absolute Gasteiger partial charge is 0.319 e. The van der Waals surface area contributed by atoms with E-state index in [1.165, 1.54) is 12.8 Å². The van der Waals surface area contributed by atoms with Crippen LogP contribution < -0.4 is 20.7 Å². The molecular formula is C14H17N3O3. The van der Waals surface area contributed by atoms with Crippen molar-refractivity contribution in [3.63, 3.8) is 0 Å². The molecule has 0 radical (unpaired) electrons. The van der Waals surface area contributed by atoms with Crippen LogP contribution in [0.25, 0.3) is 0 Å². The molecule has 106 valence electrons. The molecule has 3 amide bonds. The van der Waals surface area contributed by atoms with Crippen LogP contribution in [-0.4, -0.2) is 24.6 Å². The van der Waals surface area contributed by atoms with E-state index in [1.807, 2.05) is 6.92 Å². The summed E-state index contributed by atoms with van der Waals surface area (Å²) in [7, 11) is 0. The number of carbonyl (C=O) groups excluding carboxylic acids is 2. The van der Waals surface area contributed by atoms with Crippen LogP contribution in [0, 0.1) is 5.92 Å². The highest BCUT2D eigenvalue weighted by molar-refractivity contribution is 5.97. The van der Waals surface area contributed by atoms with Crippen molar-refractivity contribution < 1.29 is 14.3 Å². The average molecular weight is 275 g/mol. The van der Waals surface area contributed by atoms with Crippen LogP contribution in [0.3, 0.4) is 0 Å². The van der Waals surface area contributed by atoms with Crippen molar-refractivity contribution in [3.8, 4) is 5.75 Å². The van der Waals surface area contributed by atoms with Crippen molar-refractivity contribution in [2.45, 2.75) is 25.8 Å². The third kappa shape index (κ3) is 2.84. The van der Waals surface area contributed by atoms with Gasteiger partial charge in [-0.05, 0) is 43.9 Å². The number of hydrogen-bond donors (Lipinski definition) is 3.